The maximum absolute atomic E-state index is 10.6. The molecular weight excluding hydrogens is 216 g/mol. The molecule has 0 N–H and O–H groups in total. The Labute approximate surface area is 89.2 Å². The molecule has 2 rings (SSSR count). The minimum absolute atomic E-state index is 0.112. The van der Waals surface area contributed by atoms with Crippen molar-refractivity contribution < 1.29 is 8.76 Å². The first-order chi connectivity index (χ1) is 6.68. The summed E-state index contributed by atoms with van der Waals surface area (Å²) in [7, 11) is 0. The summed E-state index contributed by atoms with van der Waals surface area (Å²) in [5.41, 5.74) is 4.28. The molecule has 0 bridgehead atoms. The van der Waals surface area contributed by atoms with E-state index >= 15 is 0 Å². The lowest BCUT2D eigenvalue weighted by Gasteiger charge is -2.05. The van der Waals surface area contributed by atoms with Crippen LogP contribution in [0.3, 0.4) is 0 Å². The lowest BCUT2D eigenvalue weighted by molar-refractivity contribution is 0.536. The number of hydrogen-bond donors (Lipinski definition) is 0. The molecule has 1 aliphatic heterocycles. The van der Waals surface area contributed by atoms with Crippen LogP contribution in [-0.4, -0.2) is 8.76 Å². The van der Waals surface area contributed by atoms with Gasteiger partial charge in [-0.15, -0.1) is 0 Å². The fourth-order valence-corrected chi connectivity index (χ4v) is 2.82. The number of fused-ring (bicyclic) bond motifs is 1. The van der Waals surface area contributed by atoms with Crippen LogP contribution in [0.5, 0.6) is 0 Å². The quantitative estimate of drug-likeness (QED) is 0.737. The van der Waals surface area contributed by atoms with E-state index in [9.17, 15) is 8.76 Å². The second-order valence-corrected chi connectivity index (χ2v) is 4.86. The summed E-state index contributed by atoms with van der Waals surface area (Å²) < 4.78 is 21.3. The molecule has 1 atom stereocenters. The molecule has 2 nitrogen and oxygen atoms in total. The van der Waals surface area contributed by atoms with Crippen LogP contribution in [0.15, 0.2) is 22.9 Å². The molecule has 74 valence electrons. The molecule has 0 aromatic carbocycles. The van der Waals surface area contributed by atoms with Crippen molar-refractivity contribution in [2.45, 2.75) is 12.7 Å². The fourth-order valence-electron chi connectivity index (χ4n) is 1.62. The minimum Gasteiger partial charge on any atom is -0.772 e. The molecule has 0 saturated heterocycles. The third-order valence-corrected chi connectivity index (χ3v) is 3.44. The first-order valence-electron chi connectivity index (χ1n) is 4.19. The Morgan fingerprint density at radius 2 is 2.29 bits per heavy atom. The van der Waals surface area contributed by atoms with E-state index < -0.39 is 11.1 Å². The highest BCUT2D eigenvalue weighted by Gasteiger charge is 2.12. The maximum atomic E-state index is 10.6. The summed E-state index contributed by atoms with van der Waals surface area (Å²) >= 11 is -0.419. The first-order valence-corrected chi connectivity index (χ1v) is 6.37. The zero-order valence-electron chi connectivity index (χ0n) is 7.65. The highest BCUT2D eigenvalue weighted by atomic mass is 32.2. The van der Waals surface area contributed by atoms with Crippen molar-refractivity contribution in [1.29, 1.82) is 0 Å². The Hall–Kier alpha value is -0.710. The van der Waals surface area contributed by atoms with Crippen molar-refractivity contribution in [3.8, 4) is 11.1 Å². The minimum atomic E-state index is -2.00. The molecule has 4 heteroatoms. The Balaban J connectivity index is 2.52. The lowest BCUT2D eigenvalue weighted by atomic mass is 10.1. The zero-order valence-corrected chi connectivity index (χ0v) is 9.28. The molecule has 0 aromatic heterocycles. The predicted molar refractivity (Wildman–Crippen MR) is 58.3 cm³/mol. The van der Waals surface area contributed by atoms with E-state index in [0.29, 0.717) is 0 Å². The van der Waals surface area contributed by atoms with Crippen molar-refractivity contribution in [2.24, 2.45) is 0 Å². The van der Waals surface area contributed by atoms with Gasteiger partial charge in [0.15, 0.2) is 0 Å². The Bertz CT molecular complexity index is 448. The van der Waals surface area contributed by atoms with Crippen molar-refractivity contribution >= 4 is 22.4 Å². The van der Waals surface area contributed by atoms with Crippen LogP contribution in [0.1, 0.15) is 11.1 Å². The third-order valence-electron chi connectivity index (χ3n) is 2.22. The summed E-state index contributed by atoms with van der Waals surface area (Å²) in [5.74, 6) is 0.112. The van der Waals surface area contributed by atoms with Gasteiger partial charge in [-0.05, 0) is 46.0 Å². The fraction of sp³-hybridized carbons (Fsp3) is 0.200. The van der Waals surface area contributed by atoms with E-state index in [1.165, 1.54) is 0 Å². The molecule has 1 aliphatic carbocycles. The van der Waals surface area contributed by atoms with E-state index in [-0.39, 0.29) is 5.75 Å². The molecule has 2 aliphatic rings. The van der Waals surface area contributed by atoms with Gasteiger partial charge in [0.25, 0.3) is 0 Å². The lowest BCUT2D eigenvalue weighted by Crippen LogP contribution is -1.92. The molecule has 0 saturated carbocycles. The Kier molecular flexibility index (Phi) is 2.67. The maximum Gasteiger partial charge on any atom is 0.0359 e. The van der Waals surface area contributed by atoms with Gasteiger partial charge < -0.3 is 4.55 Å². The molecule has 1 heterocycles. The predicted octanol–water partition coefficient (Wildman–Crippen LogP) is 2.54. The van der Waals surface area contributed by atoms with E-state index in [1.807, 2.05) is 29.8 Å². The molecular formula is C10H9O2S2-. The van der Waals surface area contributed by atoms with Gasteiger partial charge in [0.2, 0.25) is 0 Å². The average Bonchev–Trinajstić information content (AvgIpc) is 2.44. The van der Waals surface area contributed by atoms with Crippen LogP contribution in [0.25, 0.3) is 11.1 Å². The summed E-state index contributed by atoms with van der Waals surface area (Å²) in [4.78, 5) is 0. The van der Waals surface area contributed by atoms with Gasteiger partial charge in [0, 0.05) is 5.75 Å². The highest BCUT2D eigenvalue weighted by Crippen LogP contribution is 2.33. The van der Waals surface area contributed by atoms with Gasteiger partial charge in [-0.25, -0.2) is 0 Å². The molecule has 0 fully saturated rings. The smallest absolute Gasteiger partial charge is 0.0359 e. The second kappa shape index (κ2) is 3.81. The van der Waals surface area contributed by atoms with Crippen LogP contribution in [0, 0.1) is 6.92 Å². The molecule has 1 unspecified atom stereocenters. The van der Waals surface area contributed by atoms with Crippen LogP contribution in [0.4, 0.5) is 0 Å². The normalized spacial score (nSPS) is 13.3. The molecule has 0 aromatic rings. The van der Waals surface area contributed by atoms with Gasteiger partial charge in [0.1, 0.15) is 0 Å². The summed E-state index contributed by atoms with van der Waals surface area (Å²) in [6.45, 7) is 2.00. The Morgan fingerprint density at radius 3 is 3.00 bits per heavy atom. The zero-order chi connectivity index (χ0) is 10.1. The van der Waals surface area contributed by atoms with E-state index in [1.54, 1.807) is 11.3 Å². The van der Waals surface area contributed by atoms with Gasteiger partial charge in [0.05, 0.1) is 0 Å². The molecule has 14 heavy (non-hydrogen) atoms. The average molecular weight is 225 g/mol. The van der Waals surface area contributed by atoms with Gasteiger partial charge in [-0.3, -0.25) is 4.21 Å². The van der Waals surface area contributed by atoms with Crippen LogP contribution < -0.4 is 0 Å². The summed E-state index contributed by atoms with van der Waals surface area (Å²) in [6, 6.07) is 3.99. The van der Waals surface area contributed by atoms with Crippen molar-refractivity contribution in [3.63, 3.8) is 0 Å². The van der Waals surface area contributed by atoms with Gasteiger partial charge in [-0.1, -0.05) is 17.1 Å². The van der Waals surface area contributed by atoms with E-state index in [0.717, 1.165) is 22.3 Å². The van der Waals surface area contributed by atoms with Crippen LogP contribution in [0.2, 0.25) is 0 Å². The summed E-state index contributed by atoms with van der Waals surface area (Å²) in [5, 5.41) is 4.01. The molecule has 0 amide bonds. The summed E-state index contributed by atoms with van der Waals surface area (Å²) in [6.07, 6.45) is 0. The van der Waals surface area contributed by atoms with Crippen LogP contribution >= 0.6 is 11.3 Å². The Morgan fingerprint density at radius 1 is 1.50 bits per heavy atom. The third kappa shape index (κ3) is 1.73. The van der Waals surface area contributed by atoms with Crippen molar-refractivity contribution in [1.82, 2.24) is 0 Å². The van der Waals surface area contributed by atoms with Gasteiger partial charge in [-0.2, -0.15) is 11.3 Å². The molecule has 0 radical (unpaired) electrons. The largest absolute Gasteiger partial charge is 0.772 e. The van der Waals surface area contributed by atoms with Crippen LogP contribution in [-0.2, 0) is 16.8 Å². The number of rotatable bonds is 2. The van der Waals surface area contributed by atoms with E-state index in [4.69, 9.17) is 0 Å². The SMILES string of the molecule is Cc1cc(CS(=O)[O-])c2csccc1-2. The highest BCUT2D eigenvalue weighted by molar-refractivity contribution is 7.78. The first kappa shape index (κ1) is 9.83. The topological polar surface area (TPSA) is 40.1 Å². The monoisotopic (exact) mass is 225 g/mol. The van der Waals surface area contributed by atoms with Gasteiger partial charge >= 0.3 is 0 Å². The van der Waals surface area contributed by atoms with Crippen molar-refractivity contribution in [2.75, 3.05) is 0 Å². The molecule has 0 spiro atoms. The van der Waals surface area contributed by atoms with Crippen molar-refractivity contribution in [3.05, 3.63) is 34.0 Å². The standard InChI is InChI=1S/C10H10O2S2/c1-7-4-8(6-14(11)12)10-5-13-3-2-9(7)10/h2-5H,6H2,1H3,(H,11,12)/p-1. The number of hydrogen-bond acceptors (Lipinski definition) is 3. The second-order valence-electron chi connectivity index (χ2n) is 3.18. The number of aryl methyl sites for hydroxylation is 1. The van der Waals surface area contributed by atoms with E-state index in [2.05, 4.69) is 0 Å².